The van der Waals surface area contributed by atoms with E-state index >= 15 is 0 Å². The second-order valence-corrected chi connectivity index (χ2v) is 5.84. The Kier molecular flexibility index (Phi) is 8.56. The fourth-order valence-corrected chi connectivity index (χ4v) is 2.50. The Balaban J connectivity index is 2.48. The van der Waals surface area contributed by atoms with Gasteiger partial charge in [-0.2, -0.15) is 0 Å². The van der Waals surface area contributed by atoms with Crippen LogP contribution in [0.15, 0.2) is 24.3 Å². The van der Waals surface area contributed by atoms with Crippen LogP contribution >= 0.6 is 0 Å². The van der Waals surface area contributed by atoms with Crippen molar-refractivity contribution in [3.63, 3.8) is 0 Å². The van der Waals surface area contributed by atoms with Crippen LogP contribution in [0, 0.1) is 12.8 Å². The lowest BCUT2D eigenvalue weighted by atomic mass is 9.92. The molecule has 0 aliphatic heterocycles. The van der Waals surface area contributed by atoms with Gasteiger partial charge in [-0.25, -0.2) is 0 Å². The van der Waals surface area contributed by atoms with Crippen molar-refractivity contribution in [3.05, 3.63) is 35.4 Å². The lowest BCUT2D eigenvalue weighted by molar-refractivity contribution is 0.168. The molecule has 2 unspecified atom stereocenters. The smallest absolute Gasteiger partial charge is 0.0465 e. The van der Waals surface area contributed by atoms with Crippen molar-refractivity contribution in [1.82, 2.24) is 5.32 Å². The lowest BCUT2D eigenvalue weighted by Crippen LogP contribution is -2.36. The van der Waals surface area contributed by atoms with Crippen molar-refractivity contribution in [2.45, 2.75) is 52.5 Å². The first-order valence-electron chi connectivity index (χ1n) is 7.95. The van der Waals surface area contributed by atoms with Crippen LogP contribution in [0.25, 0.3) is 0 Å². The van der Waals surface area contributed by atoms with Gasteiger partial charge in [-0.05, 0) is 50.6 Å². The Morgan fingerprint density at radius 3 is 2.45 bits per heavy atom. The first-order valence-corrected chi connectivity index (χ1v) is 7.95. The highest BCUT2D eigenvalue weighted by Gasteiger charge is 2.16. The molecule has 0 aliphatic rings. The summed E-state index contributed by atoms with van der Waals surface area (Å²) in [4.78, 5) is 0. The maximum absolute atomic E-state index is 5.22. The van der Waals surface area contributed by atoms with Crippen molar-refractivity contribution >= 4 is 0 Å². The average Bonchev–Trinajstić information content (AvgIpc) is 2.46. The van der Waals surface area contributed by atoms with Crippen molar-refractivity contribution in [2.24, 2.45) is 5.92 Å². The van der Waals surface area contributed by atoms with Gasteiger partial charge in [0.05, 0.1) is 0 Å². The molecule has 114 valence electrons. The van der Waals surface area contributed by atoms with E-state index in [9.17, 15) is 0 Å². The first-order chi connectivity index (χ1) is 9.67. The van der Waals surface area contributed by atoms with Gasteiger partial charge in [0.1, 0.15) is 0 Å². The van der Waals surface area contributed by atoms with Gasteiger partial charge in [0.25, 0.3) is 0 Å². The fraction of sp³-hybridized carbons (Fsp3) is 0.667. The van der Waals surface area contributed by atoms with Crippen molar-refractivity contribution in [3.8, 4) is 0 Å². The SMILES string of the molecule is CCCNC(CCc1ccc(C)cc1)C(C)CCOC. The summed E-state index contributed by atoms with van der Waals surface area (Å²) in [6, 6.07) is 9.51. The summed E-state index contributed by atoms with van der Waals surface area (Å²) in [5.74, 6) is 0.659. The Bertz CT molecular complexity index is 347. The third kappa shape index (κ3) is 6.53. The molecule has 0 aromatic heterocycles. The minimum atomic E-state index is 0.589. The van der Waals surface area contributed by atoms with Crippen LogP contribution < -0.4 is 5.32 Å². The molecule has 1 N–H and O–H groups in total. The van der Waals surface area contributed by atoms with Gasteiger partial charge in [-0.1, -0.05) is 43.7 Å². The molecule has 0 saturated heterocycles. The van der Waals surface area contributed by atoms with E-state index in [0.717, 1.165) is 26.0 Å². The topological polar surface area (TPSA) is 21.3 Å². The zero-order valence-electron chi connectivity index (χ0n) is 13.6. The molecule has 0 heterocycles. The van der Waals surface area contributed by atoms with Crippen LogP contribution in [0.2, 0.25) is 0 Å². The number of hydrogen-bond donors (Lipinski definition) is 1. The van der Waals surface area contributed by atoms with Gasteiger partial charge < -0.3 is 10.1 Å². The Morgan fingerprint density at radius 1 is 1.15 bits per heavy atom. The Labute approximate surface area is 124 Å². The normalized spacial score (nSPS) is 14.2. The largest absolute Gasteiger partial charge is 0.385 e. The summed E-state index contributed by atoms with van der Waals surface area (Å²) >= 11 is 0. The second-order valence-electron chi connectivity index (χ2n) is 5.84. The molecular formula is C18H31NO. The molecule has 0 aliphatic carbocycles. The summed E-state index contributed by atoms with van der Waals surface area (Å²) in [7, 11) is 1.79. The Hall–Kier alpha value is -0.860. The van der Waals surface area contributed by atoms with Crippen LogP contribution in [-0.2, 0) is 11.2 Å². The minimum Gasteiger partial charge on any atom is -0.385 e. The van der Waals surface area contributed by atoms with Gasteiger partial charge in [0.15, 0.2) is 0 Å². The zero-order valence-corrected chi connectivity index (χ0v) is 13.6. The molecule has 0 amide bonds. The van der Waals surface area contributed by atoms with Crippen molar-refractivity contribution in [2.75, 3.05) is 20.3 Å². The maximum atomic E-state index is 5.22. The maximum Gasteiger partial charge on any atom is 0.0465 e. The molecule has 2 nitrogen and oxygen atoms in total. The van der Waals surface area contributed by atoms with Crippen molar-refractivity contribution < 1.29 is 4.74 Å². The number of nitrogens with one attached hydrogen (secondary N) is 1. The third-order valence-electron chi connectivity index (χ3n) is 3.99. The molecule has 0 fully saturated rings. The van der Waals surface area contributed by atoms with Crippen molar-refractivity contribution in [1.29, 1.82) is 0 Å². The van der Waals surface area contributed by atoms with Crippen LogP contribution in [0.4, 0.5) is 0 Å². The second kappa shape index (κ2) is 9.95. The van der Waals surface area contributed by atoms with Gasteiger partial charge in [-0.3, -0.25) is 0 Å². The fourth-order valence-electron chi connectivity index (χ4n) is 2.50. The summed E-state index contributed by atoms with van der Waals surface area (Å²) < 4.78 is 5.22. The predicted octanol–water partition coefficient (Wildman–Crippen LogP) is 3.97. The van der Waals surface area contributed by atoms with Gasteiger partial charge in [0, 0.05) is 19.8 Å². The number of hydrogen-bond acceptors (Lipinski definition) is 2. The van der Waals surface area contributed by atoms with E-state index in [0.29, 0.717) is 12.0 Å². The van der Waals surface area contributed by atoms with E-state index in [1.807, 2.05) is 0 Å². The summed E-state index contributed by atoms with van der Waals surface area (Å²) in [5, 5.41) is 3.70. The van der Waals surface area contributed by atoms with Gasteiger partial charge >= 0.3 is 0 Å². The summed E-state index contributed by atoms with van der Waals surface area (Å²) in [6.45, 7) is 8.67. The average molecular weight is 277 g/mol. The van der Waals surface area contributed by atoms with E-state index in [1.165, 1.54) is 24.0 Å². The quantitative estimate of drug-likeness (QED) is 0.699. The van der Waals surface area contributed by atoms with E-state index in [2.05, 4.69) is 50.4 Å². The van der Waals surface area contributed by atoms with E-state index < -0.39 is 0 Å². The highest BCUT2D eigenvalue weighted by molar-refractivity contribution is 5.21. The molecule has 2 atom stereocenters. The molecule has 20 heavy (non-hydrogen) atoms. The third-order valence-corrected chi connectivity index (χ3v) is 3.99. The number of ether oxygens (including phenoxy) is 1. The van der Waals surface area contributed by atoms with Crippen LogP contribution in [0.1, 0.15) is 44.2 Å². The van der Waals surface area contributed by atoms with E-state index in [-0.39, 0.29) is 0 Å². The van der Waals surface area contributed by atoms with Gasteiger partial charge in [-0.15, -0.1) is 0 Å². The summed E-state index contributed by atoms with van der Waals surface area (Å²) in [6.07, 6.45) is 4.68. The molecule has 2 heteroatoms. The van der Waals surface area contributed by atoms with E-state index in [4.69, 9.17) is 4.74 Å². The standard InChI is InChI=1S/C18H31NO/c1-5-13-19-18(16(3)12-14-20-4)11-10-17-8-6-15(2)7-9-17/h6-9,16,18-19H,5,10-14H2,1-4H3. The molecule has 0 saturated carbocycles. The molecule has 1 rings (SSSR count). The minimum absolute atomic E-state index is 0.589. The van der Waals surface area contributed by atoms with Crippen LogP contribution in [0.3, 0.4) is 0 Å². The van der Waals surface area contributed by atoms with Crippen LogP contribution in [-0.4, -0.2) is 26.3 Å². The molecular weight excluding hydrogens is 246 g/mol. The number of aryl methyl sites for hydroxylation is 2. The highest BCUT2D eigenvalue weighted by Crippen LogP contribution is 2.15. The van der Waals surface area contributed by atoms with E-state index in [1.54, 1.807) is 7.11 Å². The number of methoxy groups -OCH3 is 1. The highest BCUT2D eigenvalue weighted by atomic mass is 16.5. The number of rotatable bonds is 10. The molecule has 1 aromatic rings. The molecule has 0 radical (unpaired) electrons. The monoisotopic (exact) mass is 277 g/mol. The summed E-state index contributed by atoms with van der Waals surface area (Å²) in [5.41, 5.74) is 2.78. The molecule has 0 bridgehead atoms. The molecule has 0 spiro atoms. The predicted molar refractivity (Wildman–Crippen MR) is 87.2 cm³/mol. The Morgan fingerprint density at radius 2 is 1.85 bits per heavy atom. The lowest BCUT2D eigenvalue weighted by Gasteiger charge is -2.25. The van der Waals surface area contributed by atoms with Gasteiger partial charge in [0.2, 0.25) is 0 Å². The first kappa shape index (κ1) is 17.2. The van der Waals surface area contributed by atoms with Crippen LogP contribution in [0.5, 0.6) is 0 Å². The molecule has 1 aromatic carbocycles. The number of benzene rings is 1. The zero-order chi connectivity index (χ0) is 14.8.